The first-order valence-electron chi connectivity index (χ1n) is 18.0. The molecule has 0 aromatic carbocycles. The Bertz CT molecular complexity index is 1520. The van der Waals surface area contributed by atoms with Crippen molar-refractivity contribution in [3.8, 4) is 0 Å². The number of fused-ring (bicyclic) bond motifs is 6. The Labute approximate surface area is 298 Å². The number of carbonyl (C=O) groups is 6. The van der Waals surface area contributed by atoms with Crippen molar-refractivity contribution in [3.05, 3.63) is 48.1 Å². The molecule has 0 radical (unpaired) electrons. The molecule has 3 fully saturated rings. The number of carboxylic acid groups (broad SMARTS) is 4. The average Bonchev–Trinajstić information content (AvgIpc) is 3.91. The van der Waals surface area contributed by atoms with Gasteiger partial charge in [0.15, 0.2) is 0 Å². The van der Waals surface area contributed by atoms with Gasteiger partial charge in [0.1, 0.15) is 0 Å². The molecule has 12 nitrogen and oxygen atoms in total. The molecule has 3 saturated carbocycles. The van der Waals surface area contributed by atoms with Gasteiger partial charge in [0.05, 0.1) is 22.7 Å². The molecule has 0 spiro atoms. The Morgan fingerprint density at radius 3 is 1.73 bits per heavy atom. The molecule has 280 valence electrons. The monoisotopic (exact) mass is 711 g/mol. The fraction of sp³-hybridized carbons (Fsp3) is 0.641. The minimum absolute atomic E-state index is 0.0244. The van der Waals surface area contributed by atoms with Crippen molar-refractivity contribution < 1.29 is 54.3 Å². The molecule has 10 unspecified atom stereocenters. The van der Waals surface area contributed by atoms with Gasteiger partial charge < -0.3 is 25.5 Å². The van der Waals surface area contributed by atoms with Crippen LogP contribution in [0.25, 0.3) is 0 Å². The summed E-state index contributed by atoms with van der Waals surface area (Å²) in [5, 5.41) is 47.1. The number of carbonyl (C=O) groups excluding carboxylic acids is 2. The molecular formula is C39H53NO11. The highest BCUT2D eigenvalue weighted by Gasteiger charge is 2.59. The number of hydrogen-bond acceptors (Lipinski definition) is 7. The highest BCUT2D eigenvalue weighted by molar-refractivity contribution is 6.18. The number of allylic oxidation sites excluding steroid dienone is 6. The molecule has 1 heterocycles. The number of rotatable bonds is 9. The number of aliphatic hydroxyl groups is 1. The maximum atomic E-state index is 11.5. The lowest BCUT2D eigenvalue weighted by molar-refractivity contribution is -0.159. The summed E-state index contributed by atoms with van der Waals surface area (Å²) in [6, 6.07) is 0. The summed E-state index contributed by atoms with van der Waals surface area (Å²) in [4.78, 5) is 66.0. The quantitative estimate of drug-likeness (QED) is 0.137. The fourth-order valence-electron chi connectivity index (χ4n) is 9.53. The van der Waals surface area contributed by atoms with Crippen LogP contribution in [-0.4, -0.2) is 67.8 Å². The van der Waals surface area contributed by atoms with E-state index in [1.165, 1.54) is 0 Å². The van der Waals surface area contributed by atoms with Crippen LogP contribution in [0.4, 0.5) is 0 Å². The van der Waals surface area contributed by atoms with E-state index in [-0.39, 0.29) is 35.3 Å². The van der Waals surface area contributed by atoms with Crippen molar-refractivity contribution in [3.63, 3.8) is 0 Å². The normalized spacial score (nSPS) is 34.8. The first-order chi connectivity index (χ1) is 23.9. The molecule has 6 aliphatic carbocycles. The second-order valence-corrected chi connectivity index (χ2v) is 16.2. The van der Waals surface area contributed by atoms with Crippen molar-refractivity contribution >= 4 is 35.7 Å². The van der Waals surface area contributed by atoms with Gasteiger partial charge in [0.2, 0.25) is 0 Å². The van der Waals surface area contributed by atoms with Crippen molar-refractivity contribution in [2.75, 3.05) is 6.61 Å². The van der Waals surface area contributed by atoms with E-state index in [1.54, 1.807) is 0 Å². The molecule has 10 atom stereocenters. The minimum atomic E-state index is -1.07. The van der Waals surface area contributed by atoms with Gasteiger partial charge in [0.25, 0.3) is 11.8 Å². The summed E-state index contributed by atoms with van der Waals surface area (Å²) in [5.74, 6) is -2.81. The Morgan fingerprint density at radius 1 is 0.824 bits per heavy atom. The van der Waals surface area contributed by atoms with Crippen LogP contribution in [0.5, 0.6) is 0 Å². The molecule has 0 saturated heterocycles. The van der Waals surface area contributed by atoms with Crippen LogP contribution in [0.3, 0.4) is 0 Å². The van der Waals surface area contributed by atoms with Gasteiger partial charge in [-0.2, -0.15) is 0 Å². The number of carboxylic acids is 4. The van der Waals surface area contributed by atoms with E-state index >= 15 is 0 Å². The highest BCUT2D eigenvalue weighted by Crippen LogP contribution is 2.60. The Kier molecular flexibility index (Phi) is 12.2. The predicted molar refractivity (Wildman–Crippen MR) is 186 cm³/mol. The van der Waals surface area contributed by atoms with Gasteiger partial charge in [-0.15, -0.1) is 0 Å². The van der Waals surface area contributed by atoms with Gasteiger partial charge in [-0.25, -0.2) is 0 Å². The molecular weight excluding hydrogens is 658 g/mol. The lowest BCUT2D eigenvalue weighted by Crippen LogP contribution is -2.46. The number of imide groups is 1. The molecule has 2 amide bonds. The zero-order valence-corrected chi connectivity index (χ0v) is 29.9. The number of nitrogens with one attached hydrogen (secondary N) is 1. The Balaban J connectivity index is 0.000000153. The van der Waals surface area contributed by atoms with Crippen LogP contribution in [-0.2, 0) is 28.8 Å². The average molecular weight is 712 g/mol. The number of hydrogen-bond donors (Lipinski definition) is 6. The summed E-state index contributed by atoms with van der Waals surface area (Å²) in [5.41, 5.74) is -1.27. The second-order valence-electron chi connectivity index (χ2n) is 16.2. The minimum Gasteiger partial charge on any atom is -0.481 e. The molecule has 51 heavy (non-hydrogen) atoms. The predicted octanol–water partition coefficient (Wildman–Crippen LogP) is 5.09. The number of aliphatic hydroxyl groups excluding tert-OH is 1. The smallest absolute Gasteiger partial charge is 0.311 e. The number of amides is 2. The van der Waals surface area contributed by atoms with Gasteiger partial charge >= 0.3 is 23.9 Å². The van der Waals surface area contributed by atoms with Crippen molar-refractivity contribution in [1.29, 1.82) is 0 Å². The maximum absolute atomic E-state index is 11.5. The third-order valence-electron chi connectivity index (χ3n) is 12.2. The van der Waals surface area contributed by atoms with Crippen molar-refractivity contribution in [2.45, 2.75) is 85.5 Å². The first-order valence-corrected chi connectivity index (χ1v) is 18.0. The van der Waals surface area contributed by atoms with E-state index in [4.69, 9.17) is 15.3 Å². The molecule has 6 bridgehead atoms. The van der Waals surface area contributed by atoms with Crippen LogP contribution < -0.4 is 5.32 Å². The Morgan fingerprint density at radius 2 is 1.43 bits per heavy atom. The first kappa shape index (κ1) is 39.7. The van der Waals surface area contributed by atoms with Gasteiger partial charge in [-0.1, -0.05) is 70.6 Å². The molecule has 12 heteroatoms. The van der Waals surface area contributed by atoms with Gasteiger partial charge in [0, 0.05) is 18.3 Å². The molecule has 0 aromatic heterocycles. The summed E-state index contributed by atoms with van der Waals surface area (Å²) in [6.07, 6.45) is 20.6. The summed E-state index contributed by atoms with van der Waals surface area (Å²) in [6.45, 7) is 7.95. The van der Waals surface area contributed by atoms with Crippen molar-refractivity contribution in [2.24, 2.45) is 63.6 Å². The molecule has 1 aliphatic heterocycles. The largest absolute Gasteiger partial charge is 0.481 e. The van der Waals surface area contributed by atoms with Crippen LogP contribution in [0.15, 0.2) is 48.1 Å². The van der Waals surface area contributed by atoms with Crippen LogP contribution in [0.1, 0.15) is 85.5 Å². The molecule has 7 rings (SSSR count). The van der Waals surface area contributed by atoms with Gasteiger partial charge in [-0.05, 0) is 92.3 Å². The molecule has 6 N–H and O–H groups in total. The fourth-order valence-corrected chi connectivity index (χ4v) is 9.53. The molecule has 7 aliphatic rings. The number of aliphatic carboxylic acids is 4. The molecule has 0 aromatic rings. The Hall–Kier alpha value is -4.06. The van der Waals surface area contributed by atoms with E-state index in [9.17, 15) is 39.0 Å². The standard InChI is InChI=1S/C12H18O2.C10H14O3.C9H11NO4.C8H10O2/c1-11(2,3)12(10(13)14)7-8-4-5-9(12)6-8;11-4-3-10(9(12)13)6-7-1-2-8(10)5-7;1-2-3-5(9(13)14)6-4-7(11)10-8(6)12;9-8(10)7-4-5-1-2-6(7)3-5/h4-5,8-9H,6-7H2,1-3H3,(H,13,14);1-2,7-8,11H,3-6H2,(H,12,13);4-5H,2-3H2,1H3,(H,13,14)(H,10,11,12);1-2,5-7H,3-4H2,(H,9,10). The summed E-state index contributed by atoms with van der Waals surface area (Å²) >= 11 is 0. The van der Waals surface area contributed by atoms with E-state index in [2.05, 4.69) is 51.2 Å². The third kappa shape index (κ3) is 8.05. The van der Waals surface area contributed by atoms with Crippen LogP contribution in [0.2, 0.25) is 0 Å². The van der Waals surface area contributed by atoms with E-state index in [1.807, 2.05) is 18.3 Å². The zero-order valence-electron chi connectivity index (χ0n) is 29.9. The lowest BCUT2D eigenvalue weighted by atomic mass is 9.60. The van der Waals surface area contributed by atoms with Crippen LogP contribution >= 0.6 is 0 Å². The van der Waals surface area contributed by atoms with E-state index in [0.29, 0.717) is 49.4 Å². The second kappa shape index (κ2) is 15.7. The summed E-state index contributed by atoms with van der Waals surface area (Å²) in [7, 11) is 0. The topological polar surface area (TPSA) is 216 Å². The van der Waals surface area contributed by atoms with Gasteiger partial charge in [-0.3, -0.25) is 34.1 Å². The van der Waals surface area contributed by atoms with E-state index < -0.39 is 52.4 Å². The van der Waals surface area contributed by atoms with E-state index in [0.717, 1.165) is 38.2 Å². The van der Waals surface area contributed by atoms with Crippen molar-refractivity contribution in [1.82, 2.24) is 5.32 Å². The summed E-state index contributed by atoms with van der Waals surface area (Å²) < 4.78 is 0. The zero-order chi connectivity index (χ0) is 37.9. The third-order valence-corrected chi connectivity index (χ3v) is 12.2. The van der Waals surface area contributed by atoms with Crippen LogP contribution in [0, 0.1) is 63.6 Å². The maximum Gasteiger partial charge on any atom is 0.311 e. The lowest BCUT2D eigenvalue weighted by Gasteiger charge is -2.42. The highest BCUT2D eigenvalue weighted by atomic mass is 16.4. The SMILES string of the molecule is CC(C)(C)C1(C(=O)O)CC2C=CC1C2.CCCC(C(=O)O)C1=CC(=O)NC1=O.O=C(O)C1(CCO)CC2C=CC1C2.O=C(O)C1CC2C=CC1C2.